The zero-order valence-electron chi connectivity index (χ0n) is 9.58. The number of hydrogen-bond acceptors (Lipinski definition) is 1. The van der Waals surface area contributed by atoms with Crippen LogP contribution in [-0.4, -0.2) is 4.99 Å². The van der Waals surface area contributed by atoms with E-state index in [4.69, 9.17) is 18.0 Å². The molecule has 0 atom stereocenters. The van der Waals surface area contributed by atoms with E-state index in [0.29, 0.717) is 5.92 Å². The summed E-state index contributed by atoms with van der Waals surface area (Å²) >= 11 is 5.09. The molecule has 0 bridgehead atoms. The van der Waals surface area contributed by atoms with E-state index >= 15 is 0 Å². The number of rotatable bonds is 2. The summed E-state index contributed by atoms with van der Waals surface area (Å²) in [7, 11) is 0. The molecule has 0 unspecified atom stereocenters. The number of hydrogen-bond donors (Lipinski definition) is 1. The molecule has 2 rings (SSSR count). The first-order valence-electron chi connectivity index (χ1n) is 6.56. The first kappa shape index (κ1) is 11.4. The van der Waals surface area contributed by atoms with Gasteiger partial charge in [-0.2, -0.15) is 0 Å². The van der Waals surface area contributed by atoms with Crippen molar-refractivity contribution in [2.45, 2.75) is 57.8 Å². The maximum atomic E-state index is 5.72. The number of nitrogens with two attached hydrogens (primary N) is 1. The van der Waals surface area contributed by atoms with E-state index < -0.39 is 0 Å². The van der Waals surface area contributed by atoms with Crippen LogP contribution in [0, 0.1) is 17.8 Å². The van der Waals surface area contributed by atoms with Gasteiger partial charge in [0.15, 0.2) is 0 Å². The summed E-state index contributed by atoms with van der Waals surface area (Å²) in [5.41, 5.74) is 5.72. The quantitative estimate of drug-likeness (QED) is 0.726. The smallest absolute Gasteiger partial charge is 0.0758 e. The van der Waals surface area contributed by atoms with Gasteiger partial charge in [-0.25, -0.2) is 0 Å². The fourth-order valence-corrected chi connectivity index (χ4v) is 3.72. The highest BCUT2D eigenvalue weighted by molar-refractivity contribution is 7.80. The molecule has 0 radical (unpaired) electrons. The second-order valence-corrected chi connectivity index (χ2v) is 5.88. The fraction of sp³-hybridized carbons (Fsp3) is 0.923. The van der Waals surface area contributed by atoms with E-state index in [9.17, 15) is 0 Å². The average molecular weight is 225 g/mol. The Kier molecular flexibility index (Phi) is 4.01. The maximum absolute atomic E-state index is 5.72. The van der Waals surface area contributed by atoms with Gasteiger partial charge in [0.1, 0.15) is 0 Å². The van der Waals surface area contributed by atoms with Crippen molar-refractivity contribution >= 4 is 17.2 Å². The molecule has 2 aliphatic rings. The van der Waals surface area contributed by atoms with Gasteiger partial charge < -0.3 is 5.73 Å². The monoisotopic (exact) mass is 225 g/mol. The van der Waals surface area contributed by atoms with Gasteiger partial charge in [-0.05, 0) is 37.5 Å². The molecule has 2 aliphatic carbocycles. The molecule has 2 saturated carbocycles. The minimum Gasteiger partial charge on any atom is -0.393 e. The Hall–Kier alpha value is -0.110. The van der Waals surface area contributed by atoms with Crippen LogP contribution in [0.15, 0.2) is 0 Å². The van der Waals surface area contributed by atoms with Gasteiger partial charge in [-0.1, -0.05) is 44.3 Å². The van der Waals surface area contributed by atoms with Crippen molar-refractivity contribution in [3.8, 4) is 0 Å². The van der Waals surface area contributed by atoms with Crippen molar-refractivity contribution in [2.24, 2.45) is 23.5 Å². The second kappa shape index (κ2) is 5.29. The van der Waals surface area contributed by atoms with Crippen molar-refractivity contribution in [1.29, 1.82) is 0 Å². The van der Waals surface area contributed by atoms with Gasteiger partial charge >= 0.3 is 0 Å². The van der Waals surface area contributed by atoms with Gasteiger partial charge in [0.2, 0.25) is 0 Å². The van der Waals surface area contributed by atoms with Gasteiger partial charge in [-0.15, -0.1) is 0 Å². The number of thiocarbonyl (C=S) groups is 1. The molecule has 0 saturated heterocycles. The van der Waals surface area contributed by atoms with Crippen LogP contribution in [-0.2, 0) is 0 Å². The van der Waals surface area contributed by atoms with Crippen LogP contribution in [0.2, 0.25) is 0 Å². The lowest BCUT2D eigenvalue weighted by molar-refractivity contribution is 0.184. The molecule has 0 aromatic carbocycles. The summed E-state index contributed by atoms with van der Waals surface area (Å²) in [6.45, 7) is 0. The van der Waals surface area contributed by atoms with Gasteiger partial charge in [-0.3, -0.25) is 0 Å². The summed E-state index contributed by atoms with van der Waals surface area (Å²) in [6, 6.07) is 0. The lowest BCUT2D eigenvalue weighted by atomic mass is 9.71. The van der Waals surface area contributed by atoms with Gasteiger partial charge in [0, 0.05) is 5.92 Å². The molecule has 0 spiro atoms. The van der Waals surface area contributed by atoms with Crippen LogP contribution in [0.5, 0.6) is 0 Å². The van der Waals surface area contributed by atoms with Crippen molar-refractivity contribution < 1.29 is 0 Å². The van der Waals surface area contributed by atoms with Crippen LogP contribution in [0.4, 0.5) is 0 Å². The van der Waals surface area contributed by atoms with Crippen molar-refractivity contribution in [3.05, 3.63) is 0 Å². The molecule has 0 aromatic heterocycles. The fourth-order valence-electron chi connectivity index (χ4n) is 3.48. The van der Waals surface area contributed by atoms with Gasteiger partial charge in [0.05, 0.1) is 4.99 Å². The molecule has 1 nitrogen and oxygen atoms in total. The predicted octanol–water partition coefficient (Wildman–Crippen LogP) is 3.66. The van der Waals surface area contributed by atoms with Crippen molar-refractivity contribution in [1.82, 2.24) is 0 Å². The lowest BCUT2D eigenvalue weighted by Crippen LogP contribution is -2.29. The third-order valence-electron chi connectivity index (χ3n) is 4.49. The molecular formula is C13H23NS. The summed E-state index contributed by atoms with van der Waals surface area (Å²) in [4.78, 5) is 0.761. The Morgan fingerprint density at radius 3 is 1.87 bits per heavy atom. The Labute approximate surface area is 98.8 Å². The Balaban J connectivity index is 1.79. The Bertz CT molecular complexity index is 213. The van der Waals surface area contributed by atoms with Crippen molar-refractivity contribution in [2.75, 3.05) is 0 Å². The summed E-state index contributed by atoms with van der Waals surface area (Å²) in [5, 5.41) is 0. The second-order valence-electron chi connectivity index (χ2n) is 5.41. The van der Waals surface area contributed by atoms with E-state index in [0.717, 1.165) is 16.8 Å². The molecule has 0 aliphatic heterocycles. The molecule has 2 fully saturated rings. The van der Waals surface area contributed by atoms with E-state index in [1.807, 2.05) is 0 Å². The zero-order chi connectivity index (χ0) is 10.7. The summed E-state index contributed by atoms with van der Waals surface area (Å²) in [6.07, 6.45) is 12.7. The third kappa shape index (κ3) is 2.93. The molecule has 86 valence electrons. The SMILES string of the molecule is NC(=S)C1CCC(C2CCCCC2)CC1. The molecule has 0 heterocycles. The third-order valence-corrected chi connectivity index (χ3v) is 4.82. The molecule has 15 heavy (non-hydrogen) atoms. The highest BCUT2D eigenvalue weighted by Gasteiger charge is 2.29. The van der Waals surface area contributed by atoms with Gasteiger partial charge in [0.25, 0.3) is 0 Å². The molecule has 0 aromatic rings. The maximum Gasteiger partial charge on any atom is 0.0758 e. The Morgan fingerprint density at radius 2 is 1.33 bits per heavy atom. The zero-order valence-corrected chi connectivity index (χ0v) is 10.4. The first-order valence-corrected chi connectivity index (χ1v) is 6.97. The minimum atomic E-state index is 0.555. The molecule has 2 N–H and O–H groups in total. The topological polar surface area (TPSA) is 26.0 Å². The van der Waals surface area contributed by atoms with Crippen molar-refractivity contribution in [3.63, 3.8) is 0 Å². The molecule has 2 heteroatoms. The van der Waals surface area contributed by atoms with Crippen LogP contribution in [0.25, 0.3) is 0 Å². The average Bonchev–Trinajstić information content (AvgIpc) is 2.30. The first-order chi connectivity index (χ1) is 7.27. The lowest BCUT2D eigenvalue weighted by Gasteiger charge is -2.35. The van der Waals surface area contributed by atoms with E-state index in [1.54, 1.807) is 0 Å². The van der Waals surface area contributed by atoms with E-state index in [-0.39, 0.29) is 0 Å². The standard InChI is InChI=1S/C13H23NS/c14-13(15)12-8-6-11(7-9-12)10-4-2-1-3-5-10/h10-12H,1-9H2,(H2,14,15). The van der Waals surface area contributed by atoms with Crippen LogP contribution < -0.4 is 5.73 Å². The minimum absolute atomic E-state index is 0.555. The van der Waals surface area contributed by atoms with Crippen LogP contribution >= 0.6 is 12.2 Å². The largest absolute Gasteiger partial charge is 0.393 e. The Morgan fingerprint density at radius 1 is 0.800 bits per heavy atom. The summed E-state index contributed by atoms with van der Waals surface area (Å²) in [5.74, 6) is 2.58. The summed E-state index contributed by atoms with van der Waals surface area (Å²) < 4.78 is 0. The predicted molar refractivity (Wildman–Crippen MR) is 68.8 cm³/mol. The normalized spacial score (nSPS) is 33.9. The molecule has 0 amide bonds. The highest BCUT2D eigenvalue weighted by atomic mass is 32.1. The van der Waals surface area contributed by atoms with Crippen LogP contribution in [0.3, 0.4) is 0 Å². The van der Waals surface area contributed by atoms with E-state index in [2.05, 4.69) is 0 Å². The highest BCUT2D eigenvalue weighted by Crippen LogP contribution is 2.39. The van der Waals surface area contributed by atoms with E-state index in [1.165, 1.54) is 57.8 Å². The van der Waals surface area contributed by atoms with Crippen LogP contribution in [0.1, 0.15) is 57.8 Å². The molecular weight excluding hydrogens is 202 g/mol.